The second kappa shape index (κ2) is 11.4. The summed E-state index contributed by atoms with van der Waals surface area (Å²) in [6, 6.07) is 16.3. The number of hydrazone groups is 1. The number of amides is 1. The van der Waals surface area contributed by atoms with Gasteiger partial charge in [-0.2, -0.15) is 18.3 Å². The van der Waals surface area contributed by atoms with Crippen molar-refractivity contribution in [2.45, 2.75) is 18.0 Å². The van der Waals surface area contributed by atoms with Gasteiger partial charge in [-0.3, -0.25) is 9.10 Å². The lowest BCUT2D eigenvalue weighted by molar-refractivity contribution is -0.137. The molecule has 7 nitrogen and oxygen atoms in total. The number of anilines is 1. The first kappa shape index (κ1) is 27.0. The zero-order valence-electron chi connectivity index (χ0n) is 18.9. The molecule has 3 aromatic rings. The monoisotopic (exact) mass is 539 g/mol. The zero-order valence-corrected chi connectivity index (χ0v) is 20.4. The molecule has 0 aromatic heterocycles. The Labute approximate surface area is 211 Å². The maximum absolute atomic E-state index is 13.5. The molecule has 12 heteroatoms. The van der Waals surface area contributed by atoms with Crippen LogP contribution in [0.4, 0.5) is 18.9 Å². The maximum Gasteiger partial charge on any atom is 0.417 e. The predicted octanol–water partition coefficient (Wildman–Crippen LogP) is 5.10. The number of hydrogen-bond acceptors (Lipinski definition) is 5. The summed E-state index contributed by atoms with van der Waals surface area (Å²) < 4.78 is 72.8. The van der Waals surface area contributed by atoms with Gasteiger partial charge in [0.25, 0.3) is 15.9 Å². The number of para-hydroxylation sites is 2. The Morgan fingerprint density at radius 2 is 1.69 bits per heavy atom. The first-order valence-corrected chi connectivity index (χ1v) is 12.3. The molecule has 0 unspecified atom stereocenters. The van der Waals surface area contributed by atoms with Crippen LogP contribution in [0.1, 0.15) is 18.1 Å². The van der Waals surface area contributed by atoms with E-state index >= 15 is 0 Å². The minimum absolute atomic E-state index is 0.0934. The smallest absolute Gasteiger partial charge is 0.417 e. The van der Waals surface area contributed by atoms with Crippen molar-refractivity contribution in [3.05, 3.63) is 88.9 Å². The van der Waals surface area contributed by atoms with Gasteiger partial charge in [0.2, 0.25) is 0 Å². The molecule has 0 saturated heterocycles. The third-order valence-corrected chi connectivity index (χ3v) is 6.81. The molecule has 1 N–H and O–H groups in total. The van der Waals surface area contributed by atoms with Gasteiger partial charge >= 0.3 is 6.18 Å². The molecule has 0 aliphatic heterocycles. The summed E-state index contributed by atoms with van der Waals surface area (Å²) in [5.41, 5.74) is 0.987. The van der Waals surface area contributed by atoms with Crippen LogP contribution in [0.25, 0.3) is 0 Å². The Kier molecular flexibility index (Phi) is 8.59. The number of rotatable bonds is 9. The number of carbonyl (C=O) groups excluding carboxylic acids is 1. The highest BCUT2D eigenvalue weighted by Gasteiger charge is 2.33. The fourth-order valence-electron chi connectivity index (χ4n) is 3.18. The van der Waals surface area contributed by atoms with Gasteiger partial charge in [0, 0.05) is 10.6 Å². The number of benzene rings is 3. The number of nitrogens with zero attached hydrogens (tertiary/aromatic N) is 2. The van der Waals surface area contributed by atoms with Gasteiger partial charge in [-0.1, -0.05) is 41.9 Å². The molecule has 0 aliphatic rings. The molecule has 0 bridgehead atoms. The molecule has 36 heavy (non-hydrogen) atoms. The van der Waals surface area contributed by atoms with Gasteiger partial charge in [-0.25, -0.2) is 13.8 Å². The lowest BCUT2D eigenvalue weighted by Crippen LogP contribution is -2.39. The number of sulfonamides is 1. The van der Waals surface area contributed by atoms with Crippen LogP contribution in [-0.2, 0) is 21.0 Å². The topological polar surface area (TPSA) is 88.1 Å². The Balaban J connectivity index is 1.91. The fourth-order valence-corrected chi connectivity index (χ4v) is 4.74. The van der Waals surface area contributed by atoms with Crippen LogP contribution in [0.2, 0.25) is 5.02 Å². The summed E-state index contributed by atoms with van der Waals surface area (Å²) in [4.78, 5) is 12.6. The highest BCUT2D eigenvalue weighted by Crippen LogP contribution is 2.33. The molecule has 0 atom stereocenters. The number of ether oxygens (including phenoxy) is 1. The van der Waals surface area contributed by atoms with Crippen molar-refractivity contribution in [3.63, 3.8) is 0 Å². The lowest BCUT2D eigenvalue weighted by atomic mass is 10.1. The predicted molar refractivity (Wildman–Crippen MR) is 131 cm³/mol. The number of halogens is 4. The third kappa shape index (κ3) is 6.55. The second-order valence-electron chi connectivity index (χ2n) is 7.24. The van der Waals surface area contributed by atoms with E-state index in [0.717, 1.165) is 16.6 Å². The summed E-state index contributed by atoms with van der Waals surface area (Å²) in [6.07, 6.45) is -3.77. The maximum atomic E-state index is 13.5. The molecule has 0 saturated carbocycles. The largest absolute Gasteiger partial charge is 0.492 e. The molecule has 1 amide bonds. The minimum Gasteiger partial charge on any atom is -0.492 e. The van der Waals surface area contributed by atoms with Crippen molar-refractivity contribution in [2.75, 3.05) is 17.5 Å². The van der Waals surface area contributed by atoms with Crippen molar-refractivity contribution in [1.82, 2.24) is 5.43 Å². The number of carbonyl (C=O) groups is 1. The Morgan fingerprint density at radius 3 is 2.36 bits per heavy atom. The average molecular weight is 540 g/mol. The van der Waals surface area contributed by atoms with Gasteiger partial charge in [0.1, 0.15) is 12.3 Å². The molecule has 190 valence electrons. The number of hydrogen-bond donors (Lipinski definition) is 1. The molecule has 0 heterocycles. The molecular weight excluding hydrogens is 519 g/mol. The van der Waals surface area contributed by atoms with E-state index in [-0.39, 0.29) is 28.5 Å². The van der Waals surface area contributed by atoms with Crippen LogP contribution in [-0.4, -0.2) is 33.7 Å². The minimum atomic E-state index is -4.61. The molecule has 0 aliphatic carbocycles. The first-order chi connectivity index (χ1) is 17.0. The average Bonchev–Trinajstić information content (AvgIpc) is 2.83. The van der Waals surface area contributed by atoms with Gasteiger partial charge < -0.3 is 4.74 Å². The molecule has 0 spiro atoms. The van der Waals surface area contributed by atoms with Gasteiger partial charge in [-0.05, 0) is 49.4 Å². The second-order valence-corrected chi connectivity index (χ2v) is 9.54. The zero-order chi connectivity index (χ0) is 26.3. The van der Waals surface area contributed by atoms with Crippen molar-refractivity contribution >= 4 is 39.4 Å². The summed E-state index contributed by atoms with van der Waals surface area (Å²) in [5, 5.41) is 3.91. The summed E-state index contributed by atoms with van der Waals surface area (Å²) in [5.74, 6) is -0.674. The van der Waals surface area contributed by atoms with Crippen LogP contribution in [0.3, 0.4) is 0 Å². The van der Waals surface area contributed by atoms with E-state index in [1.54, 1.807) is 25.1 Å². The summed E-state index contributed by atoms with van der Waals surface area (Å²) in [7, 11) is -4.28. The van der Waals surface area contributed by atoms with E-state index in [4.69, 9.17) is 16.3 Å². The molecule has 0 fully saturated rings. The van der Waals surface area contributed by atoms with Crippen LogP contribution >= 0.6 is 11.6 Å². The molecular formula is C24H21ClF3N3O4S. The summed E-state index contributed by atoms with van der Waals surface area (Å²) in [6.45, 7) is 1.23. The SMILES string of the molecule is CCOc1ccccc1N(CC(=O)N/N=C\c1ccccc1C(F)(F)F)S(=O)(=O)c1ccc(Cl)cc1. The highest BCUT2D eigenvalue weighted by molar-refractivity contribution is 7.92. The van der Waals surface area contributed by atoms with Crippen LogP contribution in [0, 0.1) is 0 Å². The number of alkyl halides is 3. The van der Waals surface area contributed by atoms with E-state index in [0.29, 0.717) is 5.02 Å². The van der Waals surface area contributed by atoms with Crippen molar-refractivity contribution in [3.8, 4) is 5.75 Å². The van der Waals surface area contributed by atoms with Crippen LogP contribution in [0.15, 0.2) is 82.8 Å². The van der Waals surface area contributed by atoms with Gasteiger partial charge in [0.15, 0.2) is 0 Å². The third-order valence-electron chi connectivity index (χ3n) is 4.78. The first-order valence-electron chi connectivity index (χ1n) is 10.5. The quantitative estimate of drug-likeness (QED) is 0.302. The Morgan fingerprint density at radius 1 is 1.06 bits per heavy atom. The Hall–Kier alpha value is -3.57. The van der Waals surface area contributed by atoms with Crippen molar-refractivity contribution in [2.24, 2.45) is 5.10 Å². The van der Waals surface area contributed by atoms with Gasteiger partial charge in [-0.15, -0.1) is 0 Å². The molecule has 3 rings (SSSR count). The van der Waals surface area contributed by atoms with E-state index in [1.165, 1.54) is 48.5 Å². The summed E-state index contributed by atoms with van der Waals surface area (Å²) >= 11 is 5.88. The molecule has 3 aromatic carbocycles. The van der Waals surface area contributed by atoms with E-state index < -0.39 is 34.2 Å². The Bertz CT molecular complexity index is 1350. The normalized spacial score (nSPS) is 11.9. The lowest BCUT2D eigenvalue weighted by Gasteiger charge is -2.25. The standard InChI is InChI=1S/C24H21ClF3N3O4S/c1-2-35-22-10-6-5-9-21(22)31(36(33,34)19-13-11-18(25)12-14-19)16-23(32)30-29-15-17-7-3-4-8-20(17)24(26,27)28/h3-15H,2,16H2,1H3,(H,30,32)/b29-15-. The fraction of sp³-hybridized carbons (Fsp3) is 0.167. The number of nitrogens with one attached hydrogen (secondary N) is 1. The van der Waals surface area contributed by atoms with E-state index in [1.807, 2.05) is 0 Å². The van der Waals surface area contributed by atoms with Crippen molar-refractivity contribution in [1.29, 1.82) is 0 Å². The van der Waals surface area contributed by atoms with Crippen LogP contribution in [0.5, 0.6) is 5.75 Å². The van der Waals surface area contributed by atoms with Crippen molar-refractivity contribution < 1.29 is 31.1 Å². The highest BCUT2D eigenvalue weighted by atomic mass is 35.5. The van der Waals surface area contributed by atoms with Gasteiger partial charge in [0.05, 0.1) is 29.0 Å². The van der Waals surface area contributed by atoms with Crippen LogP contribution < -0.4 is 14.5 Å². The van der Waals surface area contributed by atoms with E-state index in [9.17, 15) is 26.4 Å². The molecule has 0 radical (unpaired) electrons. The van der Waals surface area contributed by atoms with E-state index in [2.05, 4.69) is 10.5 Å².